The van der Waals surface area contributed by atoms with Gasteiger partial charge in [0.25, 0.3) is 0 Å². The van der Waals surface area contributed by atoms with Gasteiger partial charge in [-0.15, -0.1) is 0 Å². The van der Waals surface area contributed by atoms with Gasteiger partial charge in [0.05, 0.1) is 6.61 Å². The second kappa shape index (κ2) is 6.22. The second-order valence-electron chi connectivity index (χ2n) is 5.49. The number of benzene rings is 1. The van der Waals surface area contributed by atoms with Gasteiger partial charge >= 0.3 is 5.97 Å². The van der Waals surface area contributed by atoms with Crippen molar-refractivity contribution in [1.29, 1.82) is 0 Å². The summed E-state index contributed by atoms with van der Waals surface area (Å²) < 4.78 is 12.2. The Morgan fingerprint density at radius 1 is 1.48 bits per heavy atom. The van der Waals surface area contributed by atoms with Crippen LogP contribution >= 0.6 is 15.9 Å². The predicted molar refractivity (Wildman–Crippen MR) is 84.6 cm³/mol. The molecule has 3 nitrogen and oxygen atoms in total. The molecule has 0 unspecified atom stereocenters. The van der Waals surface area contributed by atoms with Gasteiger partial charge in [0.15, 0.2) is 0 Å². The summed E-state index contributed by atoms with van der Waals surface area (Å²) in [5.74, 6) is 1.30. The van der Waals surface area contributed by atoms with Crippen LogP contribution < -0.4 is 4.74 Å². The number of aryl methyl sites for hydroxylation is 1. The van der Waals surface area contributed by atoms with Crippen LogP contribution in [0.25, 0.3) is 0 Å². The van der Waals surface area contributed by atoms with E-state index in [0.717, 1.165) is 29.5 Å². The van der Waals surface area contributed by atoms with Gasteiger partial charge in [0.2, 0.25) is 0 Å². The number of rotatable bonds is 5. The zero-order valence-corrected chi connectivity index (χ0v) is 13.7. The minimum absolute atomic E-state index is 0.120. The van der Waals surface area contributed by atoms with E-state index < -0.39 is 0 Å². The third-order valence-electron chi connectivity index (χ3n) is 4.03. The van der Waals surface area contributed by atoms with Gasteiger partial charge in [-0.25, -0.2) is 0 Å². The van der Waals surface area contributed by atoms with E-state index in [-0.39, 0.29) is 12.1 Å². The van der Waals surface area contributed by atoms with E-state index in [1.165, 1.54) is 11.1 Å². The molecule has 0 spiro atoms. The largest absolute Gasteiger partial charge is 0.489 e. The second-order valence-corrected chi connectivity index (χ2v) is 6.40. The Labute approximate surface area is 133 Å². The number of esters is 1. The molecule has 1 heterocycles. The molecule has 0 saturated heterocycles. The molecule has 0 radical (unpaired) electrons. The smallest absolute Gasteiger partial charge is 0.305 e. The molecule has 1 aliphatic heterocycles. The topological polar surface area (TPSA) is 35.5 Å². The zero-order chi connectivity index (χ0) is 14.8. The van der Waals surface area contributed by atoms with Gasteiger partial charge < -0.3 is 9.47 Å². The van der Waals surface area contributed by atoms with Gasteiger partial charge in [0.1, 0.15) is 11.9 Å². The Kier molecular flexibility index (Phi) is 4.34. The van der Waals surface area contributed by atoms with E-state index in [0.29, 0.717) is 18.9 Å². The van der Waals surface area contributed by atoms with Crippen molar-refractivity contribution in [2.45, 2.75) is 44.6 Å². The molecular weight excluding hydrogens is 332 g/mol. The first-order chi connectivity index (χ1) is 10.2. The summed E-state index contributed by atoms with van der Waals surface area (Å²) >= 11 is 3.59. The molecule has 4 heteroatoms. The number of hydrogen-bond donors (Lipinski definition) is 0. The lowest BCUT2D eigenvalue weighted by Gasteiger charge is -2.11. The Bertz CT molecular complexity index is 580. The standard InChI is InChI=1S/C17H19BrO3/c1-2-20-16(19)8-3-5-11-9-12(18)10-14-13-6-4-7-15(13)21-17(11)14/h4,6,9-10,13,15H,2-3,5,7-8H2,1H3/t13-,15-/m1/s1. The molecular formula is C17H19BrO3. The summed E-state index contributed by atoms with van der Waals surface area (Å²) in [5.41, 5.74) is 2.46. The number of carbonyl (C=O) groups excluding carboxylic acids is 1. The van der Waals surface area contributed by atoms with E-state index >= 15 is 0 Å². The monoisotopic (exact) mass is 350 g/mol. The third kappa shape index (κ3) is 3.00. The van der Waals surface area contributed by atoms with E-state index in [9.17, 15) is 4.79 Å². The molecule has 0 aromatic heterocycles. The van der Waals surface area contributed by atoms with Crippen LogP contribution in [0.1, 0.15) is 43.2 Å². The third-order valence-corrected chi connectivity index (χ3v) is 4.49. The minimum atomic E-state index is -0.120. The van der Waals surface area contributed by atoms with Gasteiger partial charge in [-0.1, -0.05) is 28.1 Å². The first-order valence-corrected chi connectivity index (χ1v) is 8.29. The van der Waals surface area contributed by atoms with Crippen LogP contribution in [-0.4, -0.2) is 18.7 Å². The summed E-state index contributed by atoms with van der Waals surface area (Å²) in [6.45, 7) is 2.28. The Morgan fingerprint density at radius 3 is 3.14 bits per heavy atom. The summed E-state index contributed by atoms with van der Waals surface area (Å²) in [6.07, 6.45) is 7.77. The first-order valence-electron chi connectivity index (χ1n) is 7.50. The van der Waals surface area contributed by atoms with Crippen LogP contribution in [0.3, 0.4) is 0 Å². The fourth-order valence-electron chi connectivity index (χ4n) is 3.11. The van der Waals surface area contributed by atoms with Crippen molar-refractivity contribution in [2.24, 2.45) is 0 Å². The number of hydrogen-bond acceptors (Lipinski definition) is 3. The molecule has 21 heavy (non-hydrogen) atoms. The van der Waals surface area contributed by atoms with Crippen molar-refractivity contribution < 1.29 is 14.3 Å². The average molecular weight is 351 g/mol. The molecule has 1 aromatic rings. The fourth-order valence-corrected chi connectivity index (χ4v) is 3.64. The maximum atomic E-state index is 11.4. The maximum Gasteiger partial charge on any atom is 0.305 e. The fraction of sp³-hybridized carbons (Fsp3) is 0.471. The number of carbonyl (C=O) groups is 1. The highest BCUT2D eigenvalue weighted by Gasteiger charge is 2.36. The van der Waals surface area contributed by atoms with E-state index in [1.807, 2.05) is 6.92 Å². The number of fused-ring (bicyclic) bond motifs is 3. The van der Waals surface area contributed by atoms with Crippen LogP contribution in [0.15, 0.2) is 28.8 Å². The van der Waals surface area contributed by atoms with Crippen molar-refractivity contribution in [3.8, 4) is 5.75 Å². The van der Waals surface area contributed by atoms with Crippen molar-refractivity contribution in [1.82, 2.24) is 0 Å². The lowest BCUT2D eigenvalue weighted by Crippen LogP contribution is -2.12. The quantitative estimate of drug-likeness (QED) is 0.591. The van der Waals surface area contributed by atoms with Crippen LogP contribution in [0.5, 0.6) is 5.75 Å². The molecule has 0 fully saturated rings. The molecule has 1 aromatic carbocycles. The molecule has 112 valence electrons. The lowest BCUT2D eigenvalue weighted by molar-refractivity contribution is -0.143. The van der Waals surface area contributed by atoms with Crippen molar-refractivity contribution in [3.63, 3.8) is 0 Å². The summed E-state index contributed by atoms with van der Waals surface area (Å²) in [5, 5.41) is 0. The highest BCUT2D eigenvalue weighted by molar-refractivity contribution is 9.10. The highest BCUT2D eigenvalue weighted by Crippen LogP contribution is 2.46. The van der Waals surface area contributed by atoms with Gasteiger partial charge in [-0.2, -0.15) is 0 Å². The molecule has 1 aliphatic carbocycles. The molecule has 0 N–H and O–H groups in total. The molecule has 3 rings (SSSR count). The summed E-state index contributed by atoms with van der Waals surface area (Å²) in [7, 11) is 0. The van der Waals surface area contributed by atoms with E-state index in [1.54, 1.807) is 0 Å². The minimum Gasteiger partial charge on any atom is -0.489 e. The SMILES string of the molecule is CCOC(=O)CCCc1cc(Br)cc2c1O[C@@H]1CC=C[C@H]21. The Hall–Kier alpha value is -1.29. The van der Waals surface area contributed by atoms with Crippen molar-refractivity contribution in [2.75, 3.05) is 6.61 Å². The lowest BCUT2D eigenvalue weighted by atomic mass is 9.95. The van der Waals surface area contributed by atoms with E-state index in [4.69, 9.17) is 9.47 Å². The molecule has 0 saturated carbocycles. The molecule has 0 amide bonds. The van der Waals surface area contributed by atoms with E-state index in [2.05, 4.69) is 40.2 Å². The van der Waals surface area contributed by atoms with Gasteiger partial charge in [-0.3, -0.25) is 4.79 Å². The van der Waals surface area contributed by atoms with Crippen LogP contribution in [-0.2, 0) is 16.0 Å². The van der Waals surface area contributed by atoms with Crippen LogP contribution in [0, 0.1) is 0 Å². The summed E-state index contributed by atoms with van der Waals surface area (Å²) in [4.78, 5) is 11.4. The predicted octanol–water partition coefficient (Wildman–Crippen LogP) is 4.14. The average Bonchev–Trinajstić information content (AvgIpc) is 3.01. The first kappa shape index (κ1) is 14.6. The summed E-state index contributed by atoms with van der Waals surface area (Å²) in [6, 6.07) is 4.26. The molecule has 2 aliphatic rings. The maximum absolute atomic E-state index is 11.4. The van der Waals surface area contributed by atoms with Crippen LogP contribution in [0.4, 0.5) is 0 Å². The van der Waals surface area contributed by atoms with Gasteiger partial charge in [-0.05, 0) is 37.5 Å². The van der Waals surface area contributed by atoms with Crippen molar-refractivity contribution >= 4 is 21.9 Å². The highest BCUT2D eigenvalue weighted by atomic mass is 79.9. The zero-order valence-electron chi connectivity index (χ0n) is 12.1. The molecule has 2 atom stereocenters. The van der Waals surface area contributed by atoms with Crippen molar-refractivity contribution in [3.05, 3.63) is 39.9 Å². The molecule has 0 bridgehead atoms. The number of halogens is 1. The normalized spacial score (nSPS) is 21.8. The van der Waals surface area contributed by atoms with Crippen LogP contribution in [0.2, 0.25) is 0 Å². The Morgan fingerprint density at radius 2 is 2.33 bits per heavy atom. The van der Waals surface area contributed by atoms with Gasteiger partial charge in [0, 0.05) is 28.8 Å². The number of ether oxygens (including phenoxy) is 2. The Balaban J connectivity index is 1.72.